The van der Waals surface area contributed by atoms with Crippen molar-refractivity contribution >= 4 is 5.91 Å². The lowest BCUT2D eigenvalue weighted by molar-refractivity contribution is 0.0726. The van der Waals surface area contributed by atoms with Crippen LogP contribution in [0.3, 0.4) is 0 Å². The number of pyridine rings is 1. The lowest BCUT2D eigenvalue weighted by Crippen LogP contribution is -2.31. The Kier molecular flexibility index (Phi) is 4.35. The van der Waals surface area contributed by atoms with Crippen molar-refractivity contribution in [3.05, 3.63) is 60.0 Å². The Morgan fingerprint density at radius 2 is 2.08 bits per heavy atom. The summed E-state index contributed by atoms with van der Waals surface area (Å²) in [4.78, 5) is 23.6. The molecule has 26 heavy (non-hydrogen) atoms. The maximum Gasteiger partial charge on any atom is 0.259 e. The van der Waals surface area contributed by atoms with Crippen molar-refractivity contribution in [2.24, 2.45) is 0 Å². The molecular weight excluding hydrogens is 330 g/mol. The van der Waals surface area contributed by atoms with Crippen LogP contribution in [0.1, 0.15) is 35.1 Å². The third-order valence-electron chi connectivity index (χ3n) is 4.56. The lowest BCUT2D eigenvalue weighted by Gasteiger charge is -2.23. The number of benzene rings is 1. The van der Waals surface area contributed by atoms with Gasteiger partial charge in [-0.1, -0.05) is 30.3 Å². The molecule has 3 aromatic rings. The van der Waals surface area contributed by atoms with E-state index in [1.54, 1.807) is 18.3 Å². The predicted molar refractivity (Wildman–Crippen MR) is 95.6 cm³/mol. The molecule has 1 amide bonds. The number of aromatic amines is 1. The van der Waals surface area contributed by atoms with Crippen molar-refractivity contribution in [2.45, 2.75) is 18.9 Å². The highest BCUT2D eigenvalue weighted by atomic mass is 16.5. The average molecular weight is 349 g/mol. The number of carbonyl (C=O) groups is 1. The van der Waals surface area contributed by atoms with Crippen LogP contribution >= 0.6 is 0 Å². The Labute approximate surface area is 151 Å². The number of ether oxygens (including phenoxy) is 1. The van der Waals surface area contributed by atoms with Gasteiger partial charge in [-0.15, -0.1) is 0 Å². The van der Waals surface area contributed by atoms with Gasteiger partial charge in [-0.05, 0) is 25.0 Å². The highest BCUT2D eigenvalue weighted by Gasteiger charge is 2.34. The minimum Gasteiger partial charge on any atom is -0.480 e. The first-order chi connectivity index (χ1) is 12.8. The van der Waals surface area contributed by atoms with E-state index in [4.69, 9.17) is 4.74 Å². The standard InChI is InChI=1S/C19H19N5O2/c1-26-18-14(9-5-11-20-18)19(25)24-12-6-10-15(24)17-21-16(22-23-17)13-7-3-2-4-8-13/h2-5,7-9,11,15H,6,10,12H2,1H3,(H,21,22,23)/t15-/m1/s1. The van der Waals surface area contributed by atoms with Crippen molar-refractivity contribution in [3.63, 3.8) is 0 Å². The Balaban J connectivity index is 1.61. The van der Waals surface area contributed by atoms with Gasteiger partial charge in [0.15, 0.2) is 5.82 Å². The lowest BCUT2D eigenvalue weighted by atomic mass is 10.1. The molecule has 1 aromatic carbocycles. The van der Waals surface area contributed by atoms with Gasteiger partial charge in [-0.2, -0.15) is 5.10 Å². The zero-order chi connectivity index (χ0) is 17.9. The van der Waals surface area contributed by atoms with Crippen LogP contribution in [-0.4, -0.2) is 44.6 Å². The summed E-state index contributed by atoms with van der Waals surface area (Å²) >= 11 is 0. The van der Waals surface area contributed by atoms with Gasteiger partial charge in [0.25, 0.3) is 5.91 Å². The zero-order valence-corrected chi connectivity index (χ0v) is 14.4. The van der Waals surface area contributed by atoms with E-state index in [1.807, 2.05) is 35.2 Å². The van der Waals surface area contributed by atoms with Crippen LogP contribution in [0.25, 0.3) is 11.4 Å². The van der Waals surface area contributed by atoms with E-state index < -0.39 is 0 Å². The zero-order valence-electron chi connectivity index (χ0n) is 14.4. The monoisotopic (exact) mass is 349 g/mol. The number of carbonyl (C=O) groups excluding carboxylic acids is 1. The summed E-state index contributed by atoms with van der Waals surface area (Å²) in [7, 11) is 1.52. The summed E-state index contributed by atoms with van der Waals surface area (Å²) in [5.41, 5.74) is 1.41. The van der Waals surface area contributed by atoms with Crippen molar-refractivity contribution < 1.29 is 9.53 Å². The quantitative estimate of drug-likeness (QED) is 0.783. The Hall–Kier alpha value is -3.22. The Bertz CT molecular complexity index is 909. The van der Waals surface area contributed by atoms with Crippen molar-refractivity contribution in [1.82, 2.24) is 25.1 Å². The van der Waals surface area contributed by atoms with E-state index in [1.165, 1.54) is 7.11 Å². The summed E-state index contributed by atoms with van der Waals surface area (Å²) in [6.45, 7) is 0.670. The van der Waals surface area contributed by atoms with Crippen LogP contribution in [0.15, 0.2) is 48.7 Å². The molecule has 2 aromatic heterocycles. The second-order valence-electron chi connectivity index (χ2n) is 6.13. The topological polar surface area (TPSA) is 84.0 Å². The number of likely N-dealkylation sites (tertiary alicyclic amines) is 1. The molecule has 0 unspecified atom stereocenters. The summed E-state index contributed by atoms with van der Waals surface area (Å²) in [5.74, 6) is 1.58. The molecule has 1 fully saturated rings. The van der Waals surface area contributed by atoms with Crippen molar-refractivity contribution in [1.29, 1.82) is 0 Å². The number of methoxy groups -OCH3 is 1. The highest BCUT2D eigenvalue weighted by Crippen LogP contribution is 2.33. The fraction of sp³-hybridized carbons (Fsp3) is 0.263. The first-order valence-electron chi connectivity index (χ1n) is 8.55. The van der Waals surface area contributed by atoms with E-state index in [-0.39, 0.29) is 11.9 Å². The molecule has 0 saturated carbocycles. The van der Waals surface area contributed by atoms with Gasteiger partial charge in [-0.3, -0.25) is 9.89 Å². The molecule has 4 rings (SSSR count). The van der Waals surface area contributed by atoms with E-state index in [9.17, 15) is 4.79 Å². The summed E-state index contributed by atoms with van der Waals surface area (Å²) < 4.78 is 5.23. The minimum absolute atomic E-state index is 0.102. The second kappa shape index (κ2) is 6.95. The van der Waals surface area contributed by atoms with Crippen molar-refractivity contribution in [3.8, 4) is 17.3 Å². The molecule has 0 aliphatic carbocycles. The normalized spacial score (nSPS) is 16.7. The molecule has 1 aliphatic heterocycles. The first kappa shape index (κ1) is 16.3. The van der Waals surface area contributed by atoms with Crippen LogP contribution in [0.2, 0.25) is 0 Å². The van der Waals surface area contributed by atoms with Crippen molar-refractivity contribution in [2.75, 3.05) is 13.7 Å². The van der Waals surface area contributed by atoms with Gasteiger partial charge in [0.1, 0.15) is 11.4 Å². The van der Waals surface area contributed by atoms with E-state index in [0.717, 1.165) is 18.4 Å². The summed E-state index contributed by atoms with van der Waals surface area (Å²) in [6, 6.07) is 13.1. The van der Waals surface area contributed by atoms with Gasteiger partial charge in [0, 0.05) is 18.3 Å². The maximum atomic E-state index is 13.0. The molecule has 1 N–H and O–H groups in total. The average Bonchev–Trinajstić information content (AvgIpc) is 3.37. The number of nitrogens with zero attached hydrogens (tertiary/aromatic N) is 4. The van der Waals surface area contributed by atoms with Crippen LogP contribution in [0.4, 0.5) is 0 Å². The molecule has 0 radical (unpaired) electrons. The van der Waals surface area contributed by atoms with Gasteiger partial charge in [-0.25, -0.2) is 9.97 Å². The predicted octanol–water partition coefficient (Wildman–Crippen LogP) is 2.85. The smallest absolute Gasteiger partial charge is 0.259 e. The second-order valence-corrected chi connectivity index (χ2v) is 6.13. The number of hydrogen-bond donors (Lipinski definition) is 1. The molecule has 1 atom stereocenters. The van der Waals surface area contributed by atoms with Crippen LogP contribution < -0.4 is 4.74 Å². The van der Waals surface area contributed by atoms with Gasteiger partial charge < -0.3 is 9.64 Å². The van der Waals surface area contributed by atoms with E-state index in [2.05, 4.69) is 20.2 Å². The van der Waals surface area contributed by atoms with Gasteiger partial charge in [0.05, 0.1) is 13.2 Å². The number of aromatic nitrogens is 4. The minimum atomic E-state index is -0.127. The largest absolute Gasteiger partial charge is 0.480 e. The molecule has 0 bridgehead atoms. The molecule has 3 heterocycles. The molecule has 0 spiro atoms. The Morgan fingerprint density at radius 1 is 1.23 bits per heavy atom. The van der Waals surface area contributed by atoms with Crippen LogP contribution in [-0.2, 0) is 0 Å². The summed E-state index contributed by atoms with van der Waals surface area (Å²) in [6.07, 6.45) is 3.37. The molecular formula is C19H19N5O2. The third kappa shape index (κ3) is 2.92. The Morgan fingerprint density at radius 3 is 2.88 bits per heavy atom. The number of amides is 1. The molecule has 1 saturated heterocycles. The SMILES string of the molecule is COc1ncccc1C(=O)N1CCC[C@@H]1c1nc(-c2ccccc2)n[nH]1. The summed E-state index contributed by atoms with van der Waals surface area (Å²) in [5, 5.41) is 7.33. The van der Waals surface area contributed by atoms with Crippen LogP contribution in [0, 0.1) is 0 Å². The number of nitrogens with one attached hydrogen (secondary N) is 1. The van der Waals surface area contributed by atoms with Crippen LogP contribution in [0.5, 0.6) is 5.88 Å². The third-order valence-corrected chi connectivity index (χ3v) is 4.56. The van der Waals surface area contributed by atoms with E-state index in [0.29, 0.717) is 29.6 Å². The fourth-order valence-electron chi connectivity index (χ4n) is 3.30. The maximum absolute atomic E-state index is 13.0. The number of H-pyrrole nitrogens is 1. The number of rotatable bonds is 4. The molecule has 7 heteroatoms. The number of hydrogen-bond acceptors (Lipinski definition) is 5. The van der Waals surface area contributed by atoms with Gasteiger partial charge >= 0.3 is 0 Å². The highest BCUT2D eigenvalue weighted by molar-refractivity contribution is 5.96. The van der Waals surface area contributed by atoms with Gasteiger partial charge in [0.2, 0.25) is 5.88 Å². The van der Waals surface area contributed by atoms with E-state index >= 15 is 0 Å². The molecule has 7 nitrogen and oxygen atoms in total. The molecule has 132 valence electrons. The fourth-order valence-corrected chi connectivity index (χ4v) is 3.30. The molecule has 1 aliphatic rings. The first-order valence-corrected chi connectivity index (χ1v) is 8.55.